The van der Waals surface area contributed by atoms with E-state index in [-0.39, 0.29) is 6.61 Å². The lowest BCUT2D eigenvalue weighted by atomic mass is 10.0. The zero-order valence-corrected chi connectivity index (χ0v) is 15.0. The minimum Gasteiger partial charge on any atom is -0.497 e. The number of carbonyl (C=O) groups is 1. The van der Waals surface area contributed by atoms with E-state index in [0.717, 1.165) is 22.6 Å². The Hall–Kier alpha value is -2.57. The van der Waals surface area contributed by atoms with Crippen molar-refractivity contribution in [1.29, 1.82) is 0 Å². The SMILES string of the molecule is CCOC(=O)[C@H]1O[C@H](c2ccc(OC)cc2)O[C@H]1c1ccc(OC)cc1. The van der Waals surface area contributed by atoms with E-state index in [0.29, 0.717) is 0 Å². The molecule has 0 N–H and O–H groups in total. The molecule has 0 amide bonds. The molecule has 2 aromatic carbocycles. The van der Waals surface area contributed by atoms with Gasteiger partial charge in [-0.25, -0.2) is 4.79 Å². The Morgan fingerprint density at radius 1 is 0.885 bits per heavy atom. The topological polar surface area (TPSA) is 63.2 Å². The van der Waals surface area contributed by atoms with Gasteiger partial charge in [0.2, 0.25) is 0 Å². The van der Waals surface area contributed by atoms with E-state index in [2.05, 4.69) is 0 Å². The van der Waals surface area contributed by atoms with Crippen LogP contribution >= 0.6 is 0 Å². The van der Waals surface area contributed by atoms with Crippen molar-refractivity contribution in [3.8, 4) is 11.5 Å². The molecule has 0 aliphatic carbocycles. The Bertz CT molecular complexity index is 725. The van der Waals surface area contributed by atoms with Crippen LogP contribution in [-0.4, -0.2) is 32.9 Å². The first-order chi connectivity index (χ1) is 12.7. The summed E-state index contributed by atoms with van der Waals surface area (Å²) in [5.74, 6) is 1.02. The van der Waals surface area contributed by atoms with Crippen LogP contribution < -0.4 is 9.47 Å². The third kappa shape index (κ3) is 3.81. The molecule has 6 nitrogen and oxygen atoms in total. The lowest BCUT2D eigenvalue weighted by Gasteiger charge is -2.16. The van der Waals surface area contributed by atoms with Crippen LogP contribution in [0.15, 0.2) is 48.5 Å². The number of hydrogen-bond acceptors (Lipinski definition) is 6. The average Bonchev–Trinajstić information content (AvgIpc) is 3.14. The van der Waals surface area contributed by atoms with Gasteiger partial charge in [-0.1, -0.05) is 24.3 Å². The van der Waals surface area contributed by atoms with E-state index in [4.69, 9.17) is 23.7 Å². The Balaban J connectivity index is 1.85. The Morgan fingerprint density at radius 3 is 1.92 bits per heavy atom. The highest BCUT2D eigenvalue weighted by molar-refractivity contribution is 5.76. The molecule has 1 saturated heterocycles. The fourth-order valence-corrected chi connectivity index (χ4v) is 2.81. The van der Waals surface area contributed by atoms with Crippen LogP contribution in [0.5, 0.6) is 11.5 Å². The standard InChI is InChI=1S/C20H22O6/c1-4-24-19(21)18-17(13-5-9-15(22-2)10-6-13)25-20(26-18)14-7-11-16(23-3)12-8-14/h5-12,17-18,20H,4H2,1-3H3/t17-,18-,20+/m0/s1. The molecule has 0 unspecified atom stereocenters. The summed E-state index contributed by atoms with van der Waals surface area (Å²) in [6.07, 6.45) is -2.06. The fourth-order valence-electron chi connectivity index (χ4n) is 2.81. The molecule has 3 atom stereocenters. The Labute approximate surface area is 152 Å². The van der Waals surface area contributed by atoms with Crippen LogP contribution in [0.3, 0.4) is 0 Å². The molecular weight excluding hydrogens is 336 g/mol. The molecule has 0 radical (unpaired) electrons. The molecule has 138 valence electrons. The van der Waals surface area contributed by atoms with Crippen molar-refractivity contribution < 1.29 is 28.5 Å². The van der Waals surface area contributed by atoms with Crippen LogP contribution in [0, 0.1) is 0 Å². The van der Waals surface area contributed by atoms with Gasteiger partial charge in [0.25, 0.3) is 0 Å². The van der Waals surface area contributed by atoms with Gasteiger partial charge in [-0.15, -0.1) is 0 Å². The maximum atomic E-state index is 12.4. The van der Waals surface area contributed by atoms with Crippen molar-refractivity contribution in [3.05, 3.63) is 59.7 Å². The van der Waals surface area contributed by atoms with Crippen LogP contribution in [0.25, 0.3) is 0 Å². The summed E-state index contributed by atoms with van der Waals surface area (Å²) >= 11 is 0. The first kappa shape index (κ1) is 18.2. The van der Waals surface area contributed by atoms with E-state index in [1.807, 2.05) is 48.5 Å². The lowest BCUT2D eigenvalue weighted by Crippen LogP contribution is -2.28. The van der Waals surface area contributed by atoms with Crippen molar-refractivity contribution >= 4 is 5.97 Å². The highest BCUT2D eigenvalue weighted by Gasteiger charge is 2.43. The zero-order chi connectivity index (χ0) is 18.5. The monoisotopic (exact) mass is 358 g/mol. The van der Waals surface area contributed by atoms with Crippen molar-refractivity contribution in [1.82, 2.24) is 0 Å². The summed E-state index contributed by atoms with van der Waals surface area (Å²) in [6.45, 7) is 2.04. The van der Waals surface area contributed by atoms with Gasteiger partial charge in [0, 0.05) is 5.56 Å². The molecule has 3 rings (SSSR count). The van der Waals surface area contributed by atoms with E-state index in [1.54, 1.807) is 21.1 Å². The van der Waals surface area contributed by atoms with Gasteiger partial charge in [-0.2, -0.15) is 0 Å². The summed E-state index contributed by atoms with van der Waals surface area (Å²) in [4.78, 5) is 12.4. The van der Waals surface area contributed by atoms with Crippen LogP contribution in [-0.2, 0) is 19.0 Å². The van der Waals surface area contributed by atoms with Crippen LogP contribution in [0.1, 0.15) is 30.4 Å². The second-order valence-corrected chi connectivity index (χ2v) is 5.74. The summed E-state index contributed by atoms with van der Waals surface area (Å²) in [5.41, 5.74) is 1.62. The normalized spacial score (nSPS) is 22.0. The smallest absolute Gasteiger partial charge is 0.338 e. The van der Waals surface area contributed by atoms with Gasteiger partial charge in [0.15, 0.2) is 12.4 Å². The van der Waals surface area contributed by atoms with Crippen molar-refractivity contribution in [2.24, 2.45) is 0 Å². The molecule has 0 spiro atoms. The van der Waals surface area contributed by atoms with Crippen LogP contribution in [0.4, 0.5) is 0 Å². The quantitative estimate of drug-likeness (QED) is 0.738. The highest BCUT2D eigenvalue weighted by atomic mass is 16.7. The molecule has 26 heavy (non-hydrogen) atoms. The molecule has 1 fully saturated rings. The largest absolute Gasteiger partial charge is 0.497 e. The molecule has 0 aromatic heterocycles. The number of ether oxygens (including phenoxy) is 5. The van der Waals surface area contributed by atoms with Gasteiger partial charge in [-0.3, -0.25) is 0 Å². The minimum absolute atomic E-state index is 0.279. The first-order valence-electron chi connectivity index (χ1n) is 8.41. The summed E-state index contributed by atoms with van der Waals surface area (Å²) in [6, 6.07) is 14.7. The zero-order valence-electron chi connectivity index (χ0n) is 15.0. The van der Waals surface area contributed by atoms with Gasteiger partial charge < -0.3 is 23.7 Å². The number of benzene rings is 2. The molecule has 1 heterocycles. The van der Waals surface area contributed by atoms with Gasteiger partial charge in [0.1, 0.15) is 17.6 Å². The molecule has 0 bridgehead atoms. The minimum atomic E-state index is -0.838. The highest BCUT2D eigenvalue weighted by Crippen LogP contribution is 2.41. The Morgan fingerprint density at radius 2 is 1.42 bits per heavy atom. The summed E-state index contributed by atoms with van der Waals surface area (Å²) in [7, 11) is 3.21. The Kier molecular flexibility index (Phi) is 5.75. The average molecular weight is 358 g/mol. The van der Waals surface area contributed by atoms with E-state index >= 15 is 0 Å². The number of rotatable bonds is 6. The predicted molar refractivity (Wildman–Crippen MR) is 94.1 cm³/mol. The summed E-state index contributed by atoms with van der Waals surface area (Å²) in [5, 5.41) is 0. The third-order valence-corrected chi connectivity index (χ3v) is 4.17. The predicted octanol–water partition coefficient (Wildman–Crippen LogP) is 3.42. The molecule has 1 aliphatic rings. The van der Waals surface area contributed by atoms with Crippen LogP contribution in [0.2, 0.25) is 0 Å². The third-order valence-electron chi connectivity index (χ3n) is 4.17. The molecular formula is C20H22O6. The van der Waals surface area contributed by atoms with Crippen molar-refractivity contribution in [2.45, 2.75) is 25.4 Å². The maximum absolute atomic E-state index is 12.4. The first-order valence-corrected chi connectivity index (χ1v) is 8.41. The molecule has 2 aromatic rings. The number of methoxy groups -OCH3 is 2. The van der Waals surface area contributed by atoms with Gasteiger partial charge in [-0.05, 0) is 36.8 Å². The molecule has 1 aliphatic heterocycles. The number of esters is 1. The van der Waals surface area contributed by atoms with E-state index < -0.39 is 24.5 Å². The summed E-state index contributed by atoms with van der Waals surface area (Å²) < 4.78 is 27.4. The van der Waals surface area contributed by atoms with E-state index in [1.165, 1.54) is 0 Å². The number of hydrogen-bond donors (Lipinski definition) is 0. The maximum Gasteiger partial charge on any atom is 0.338 e. The van der Waals surface area contributed by atoms with Gasteiger partial charge >= 0.3 is 5.97 Å². The van der Waals surface area contributed by atoms with E-state index in [9.17, 15) is 4.79 Å². The lowest BCUT2D eigenvalue weighted by molar-refractivity contribution is -0.157. The molecule has 6 heteroatoms. The van der Waals surface area contributed by atoms with Gasteiger partial charge in [0.05, 0.1) is 20.8 Å². The fraction of sp³-hybridized carbons (Fsp3) is 0.350. The van der Waals surface area contributed by atoms with Crippen molar-refractivity contribution in [2.75, 3.05) is 20.8 Å². The second kappa shape index (κ2) is 8.21. The number of carbonyl (C=O) groups excluding carboxylic acids is 1. The second-order valence-electron chi connectivity index (χ2n) is 5.74. The van der Waals surface area contributed by atoms with Crippen molar-refractivity contribution in [3.63, 3.8) is 0 Å². The molecule has 0 saturated carbocycles.